The van der Waals surface area contributed by atoms with Gasteiger partial charge in [-0.2, -0.15) is 0 Å². The van der Waals surface area contributed by atoms with Crippen LogP contribution in [0.5, 0.6) is 0 Å². The van der Waals surface area contributed by atoms with Gasteiger partial charge in [-0.05, 0) is 36.7 Å². The number of hydrogen-bond acceptors (Lipinski definition) is 2. The molecule has 3 rings (SSSR count). The molecule has 0 spiro atoms. The molecule has 1 aromatic carbocycles. The van der Waals surface area contributed by atoms with Gasteiger partial charge in [-0.3, -0.25) is 9.59 Å². The number of fused-ring (bicyclic) bond motifs is 1. The van der Waals surface area contributed by atoms with E-state index < -0.39 is 11.9 Å². The van der Waals surface area contributed by atoms with E-state index in [0.717, 1.165) is 18.7 Å². The van der Waals surface area contributed by atoms with E-state index in [4.69, 9.17) is 0 Å². The topological polar surface area (TPSA) is 121 Å². The third kappa shape index (κ3) is 6.50. The molecule has 0 aromatic heterocycles. The maximum Gasteiger partial charge on any atom is 2.00 e. The van der Waals surface area contributed by atoms with Crippen molar-refractivity contribution in [1.82, 2.24) is 4.90 Å². The van der Waals surface area contributed by atoms with E-state index in [1.807, 2.05) is 35.2 Å². The molecule has 0 bridgehead atoms. The molecule has 5 N–H and O–H groups in total. The van der Waals surface area contributed by atoms with Crippen LogP contribution in [0.4, 0.5) is 0 Å². The molecule has 0 radical (unpaired) electrons. The van der Waals surface area contributed by atoms with E-state index in [2.05, 4.69) is 0 Å². The maximum absolute atomic E-state index is 12.6. The summed E-state index contributed by atoms with van der Waals surface area (Å²) < 4.78 is 0. The fourth-order valence-electron chi connectivity index (χ4n) is 4.09. The van der Waals surface area contributed by atoms with Crippen LogP contribution >= 0.6 is 0 Å². The first-order chi connectivity index (χ1) is 11.1. The van der Waals surface area contributed by atoms with Crippen LogP contribution in [0.3, 0.4) is 0 Å². The molecule has 1 aliphatic heterocycles. The number of carbonyl (C=O) groups is 2. The Morgan fingerprint density at radius 1 is 1.08 bits per heavy atom. The zero-order chi connectivity index (χ0) is 16.2. The van der Waals surface area contributed by atoms with Crippen LogP contribution in [-0.4, -0.2) is 83.7 Å². The van der Waals surface area contributed by atoms with Crippen LogP contribution in [0, 0.1) is 17.8 Å². The summed E-state index contributed by atoms with van der Waals surface area (Å²) in [5, 5.41) is 9.46. The van der Waals surface area contributed by atoms with Crippen LogP contribution in [-0.2, 0) is 16.0 Å². The Bertz CT molecular complexity index is 565. The van der Waals surface area contributed by atoms with E-state index in [1.165, 1.54) is 25.7 Å². The summed E-state index contributed by atoms with van der Waals surface area (Å²) in [6.45, 7) is 1.67. The molecule has 144 valence electrons. The number of likely N-dealkylation sites (tertiary alicyclic amines) is 1. The van der Waals surface area contributed by atoms with Gasteiger partial charge in [-0.1, -0.05) is 43.2 Å². The first-order valence-corrected chi connectivity index (χ1v) is 8.68. The largest absolute Gasteiger partial charge is 2.00 e. The molecular weight excluding hydrogens is 362 g/mol. The first-order valence-electron chi connectivity index (χ1n) is 8.68. The zero-order valence-electron chi connectivity index (χ0n) is 17.2. The van der Waals surface area contributed by atoms with Crippen molar-refractivity contribution < 1.29 is 28.5 Å². The van der Waals surface area contributed by atoms with Gasteiger partial charge in [0.05, 0.1) is 5.92 Å². The zero-order valence-corrected chi connectivity index (χ0v) is 17.4. The van der Waals surface area contributed by atoms with Crippen LogP contribution in [0.1, 0.15) is 40.5 Å². The summed E-state index contributed by atoms with van der Waals surface area (Å²) in [6, 6.07) is 9.56. The molecular formula is C19H31CaNO5. The van der Waals surface area contributed by atoms with Crippen molar-refractivity contribution in [2.75, 3.05) is 13.1 Å². The van der Waals surface area contributed by atoms with Gasteiger partial charge in [-0.15, -0.1) is 0 Å². The van der Waals surface area contributed by atoms with E-state index >= 15 is 0 Å². The summed E-state index contributed by atoms with van der Waals surface area (Å²) in [4.78, 5) is 26.0. The minimum Gasteiger partial charge on any atom is -1.00 e. The standard InChI is InChI=1S/C19H25NO3.Ca.2H2O.2H/c21-18(20-12-15-8-4-5-9-16(15)13-20)11-17(19(22)23)10-14-6-2-1-3-7-14;;;;;/h1-3,6-7,15-17H,4-5,8-13H2,(H,22,23);;2*1H2;;/q;+2;;;2*-1/t15?,16?,17-;;;;;/m0...../s1. The average Bonchev–Trinajstić information content (AvgIpc) is 2.99. The molecule has 1 saturated heterocycles. The third-order valence-electron chi connectivity index (χ3n) is 5.42. The van der Waals surface area contributed by atoms with Crippen molar-refractivity contribution in [3.8, 4) is 0 Å². The molecule has 2 fully saturated rings. The number of aliphatic carboxylic acids is 1. The number of carboxylic acids is 1. The summed E-state index contributed by atoms with van der Waals surface area (Å²) in [5.41, 5.74) is 0.975. The minimum atomic E-state index is -0.876. The fourth-order valence-corrected chi connectivity index (χ4v) is 4.09. The Morgan fingerprint density at radius 3 is 2.12 bits per heavy atom. The van der Waals surface area contributed by atoms with E-state index in [-0.39, 0.29) is 63.9 Å². The molecule has 1 heterocycles. The minimum absolute atomic E-state index is 0. The molecule has 1 aliphatic carbocycles. The Hall–Kier alpha value is -0.660. The van der Waals surface area contributed by atoms with Crippen molar-refractivity contribution >= 4 is 49.6 Å². The van der Waals surface area contributed by atoms with Crippen molar-refractivity contribution in [2.45, 2.75) is 38.5 Å². The van der Waals surface area contributed by atoms with Crippen molar-refractivity contribution in [1.29, 1.82) is 0 Å². The van der Waals surface area contributed by atoms with Gasteiger partial charge in [0.2, 0.25) is 5.91 Å². The Kier molecular flexibility index (Phi) is 11.6. The van der Waals surface area contributed by atoms with Crippen molar-refractivity contribution in [2.24, 2.45) is 17.8 Å². The van der Waals surface area contributed by atoms with Crippen LogP contribution in [0.2, 0.25) is 0 Å². The molecule has 1 saturated carbocycles. The van der Waals surface area contributed by atoms with Crippen LogP contribution in [0.25, 0.3) is 0 Å². The van der Waals surface area contributed by atoms with Gasteiger partial charge in [-0.25, -0.2) is 0 Å². The summed E-state index contributed by atoms with van der Waals surface area (Å²) in [7, 11) is 0. The Morgan fingerprint density at radius 2 is 1.62 bits per heavy atom. The van der Waals surface area contributed by atoms with E-state index in [9.17, 15) is 14.7 Å². The monoisotopic (exact) mass is 393 g/mol. The molecule has 1 amide bonds. The SMILES string of the molecule is O.O.O=C(O)[C@H](CC(=O)N1CC2CCCCC2C1)Cc1ccccc1.[Ca+2].[H-].[H-]. The molecule has 1 aromatic rings. The maximum atomic E-state index is 12.6. The third-order valence-corrected chi connectivity index (χ3v) is 5.42. The molecule has 6 nitrogen and oxygen atoms in total. The second-order valence-electron chi connectivity index (χ2n) is 7.03. The van der Waals surface area contributed by atoms with E-state index in [0.29, 0.717) is 18.3 Å². The number of benzene rings is 1. The smallest absolute Gasteiger partial charge is 1.00 e. The number of rotatable bonds is 5. The normalized spacial score (nSPS) is 22.1. The number of carbonyl (C=O) groups excluding carboxylic acids is 1. The predicted molar refractivity (Wildman–Crippen MR) is 103 cm³/mol. The Balaban J connectivity index is -0.00000125. The summed E-state index contributed by atoms with van der Waals surface area (Å²) in [5.74, 6) is -0.204. The molecule has 2 aliphatic rings. The number of nitrogens with zero attached hydrogens (tertiary/aromatic N) is 1. The second kappa shape index (κ2) is 11.9. The molecule has 2 unspecified atom stereocenters. The van der Waals surface area contributed by atoms with Gasteiger partial charge in [0.1, 0.15) is 0 Å². The molecule has 26 heavy (non-hydrogen) atoms. The Labute approximate surface area is 187 Å². The first kappa shape index (κ1) is 25.3. The summed E-state index contributed by atoms with van der Waals surface area (Å²) in [6.07, 6.45) is 5.53. The van der Waals surface area contributed by atoms with Crippen molar-refractivity contribution in [3.63, 3.8) is 0 Å². The van der Waals surface area contributed by atoms with Gasteiger partial charge >= 0.3 is 43.7 Å². The van der Waals surface area contributed by atoms with Gasteiger partial charge in [0, 0.05) is 19.5 Å². The molecule has 7 heteroatoms. The number of amides is 1. The van der Waals surface area contributed by atoms with Crippen LogP contribution in [0.15, 0.2) is 30.3 Å². The van der Waals surface area contributed by atoms with Crippen molar-refractivity contribution in [3.05, 3.63) is 35.9 Å². The predicted octanol–water partition coefficient (Wildman–Crippen LogP) is 1.16. The number of hydrogen-bond donors (Lipinski definition) is 1. The fraction of sp³-hybridized carbons (Fsp3) is 0.579. The van der Waals surface area contributed by atoms with Gasteiger partial charge < -0.3 is 23.8 Å². The van der Waals surface area contributed by atoms with Crippen LogP contribution < -0.4 is 0 Å². The summed E-state index contributed by atoms with van der Waals surface area (Å²) >= 11 is 0. The quantitative estimate of drug-likeness (QED) is 0.756. The number of carboxylic acid groups (broad SMARTS) is 1. The second-order valence-corrected chi connectivity index (χ2v) is 7.03. The average molecular weight is 394 g/mol. The van der Waals surface area contributed by atoms with Gasteiger partial charge in [0.15, 0.2) is 0 Å². The molecule has 3 atom stereocenters. The van der Waals surface area contributed by atoms with E-state index in [1.54, 1.807) is 0 Å². The van der Waals surface area contributed by atoms with Gasteiger partial charge in [0.25, 0.3) is 0 Å².